The van der Waals surface area contributed by atoms with Crippen molar-refractivity contribution in [2.45, 2.75) is 38.1 Å². The third kappa shape index (κ3) is 3.24. The molecule has 0 aliphatic heterocycles. The Labute approximate surface area is 111 Å². The second-order valence-corrected chi connectivity index (χ2v) is 4.92. The lowest BCUT2D eigenvalue weighted by Gasteiger charge is -2.22. The molecule has 0 bridgehead atoms. The van der Waals surface area contributed by atoms with Crippen LogP contribution in [0.3, 0.4) is 0 Å². The molecule has 5 heteroatoms. The van der Waals surface area contributed by atoms with Crippen LogP contribution in [0.25, 0.3) is 0 Å². The van der Waals surface area contributed by atoms with Gasteiger partial charge in [0.2, 0.25) is 0 Å². The van der Waals surface area contributed by atoms with Gasteiger partial charge in [-0.1, -0.05) is 19.3 Å². The lowest BCUT2D eigenvalue weighted by atomic mass is 9.95. The molecule has 1 saturated carbocycles. The topological polar surface area (TPSA) is 92.4 Å². The van der Waals surface area contributed by atoms with E-state index in [2.05, 4.69) is 5.32 Å². The molecule has 0 unspecified atom stereocenters. The van der Waals surface area contributed by atoms with E-state index in [0.717, 1.165) is 25.7 Å². The largest absolute Gasteiger partial charge is 0.478 e. The standard InChI is InChI=1S/C14H18N2O3/c15-12-8-9(6-7-11(12)14(18)19)13(17)16-10-4-2-1-3-5-10/h6-8,10H,1-5,15H2,(H,16,17)(H,18,19). The highest BCUT2D eigenvalue weighted by atomic mass is 16.4. The second-order valence-electron chi connectivity index (χ2n) is 4.92. The van der Waals surface area contributed by atoms with E-state index in [-0.39, 0.29) is 23.2 Å². The third-order valence-corrected chi connectivity index (χ3v) is 3.48. The highest BCUT2D eigenvalue weighted by molar-refractivity contribution is 5.99. The SMILES string of the molecule is Nc1cc(C(=O)NC2CCCCC2)ccc1C(=O)O. The summed E-state index contributed by atoms with van der Waals surface area (Å²) in [4.78, 5) is 22.9. The molecule has 0 heterocycles. The van der Waals surface area contributed by atoms with Gasteiger partial charge in [-0.3, -0.25) is 4.79 Å². The van der Waals surface area contributed by atoms with Crippen LogP contribution in [-0.4, -0.2) is 23.0 Å². The highest BCUT2D eigenvalue weighted by Crippen LogP contribution is 2.19. The number of amides is 1. The number of hydrogen-bond acceptors (Lipinski definition) is 3. The Hall–Kier alpha value is -2.04. The fourth-order valence-corrected chi connectivity index (χ4v) is 2.41. The quantitative estimate of drug-likeness (QED) is 0.727. The number of anilines is 1. The average Bonchev–Trinajstić information content (AvgIpc) is 2.39. The van der Waals surface area contributed by atoms with Crippen LogP contribution in [0.15, 0.2) is 18.2 Å². The minimum absolute atomic E-state index is 0.0224. The van der Waals surface area contributed by atoms with Crippen molar-refractivity contribution in [3.63, 3.8) is 0 Å². The molecule has 0 atom stereocenters. The number of nitrogens with one attached hydrogen (secondary N) is 1. The average molecular weight is 262 g/mol. The molecule has 1 amide bonds. The summed E-state index contributed by atoms with van der Waals surface area (Å²) in [5.41, 5.74) is 6.18. The molecular formula is C14H18N2O3. The molecule has 1 fully saturated rings. The van der Waals surface area contributed by atoms with Crippen LogP contribution in [0.4, 0.5) is 5.69 Å². The van der Waals surface area contributed by atoms with Gasteiger partial charge < -0.3 is 16.2 Å². The summed E-state index contributed by atoms with van der Waals surface area (Å²) in [7, 11) is 0. The van der Waals surface area contributed by atoms with Crippen LogP contribution in [0.2, 0.25) is 0 Å². The maximum Gasteiger partial charge on any atom is 0.337 e. The van der Waals surface area contributed by atoms with Crippen LogP contribution in [-0.2, 0) is 0 Å². The normalized spacial score (nSPS) is 16.0. The number of carbonyl (C=O) groups excluding carboxylic acids is 1. The number of rotatable bonds is 3. The Kier molecular flexibility index (Phi) is 4.04. The Bertz CT molecular complexity index is 493. The van der Waals surface area contributed by atoms with Gasteiger partial charge in [0.25, 0.3) is 5.91 Å². The zero-order valence-corrected chi connectivity index (χ0v) is 10.7. The predicted octanol–water partition coefficient (Wildman–Crippen LogP) is 2.03. The molecule has 19 heavy (non-hydrogen) atoms. The van der Waals surface area contributed by atoms with Crippen molar-refractivity contribution in [2.24, 2.45) is 0 Å². The zero-order chi connectivity index (χ0) is 13.8. The van der Waals surface area contributed by atoms with E-state index in [0.29, 0.717) is 5.56 Å². The number of hydrogen-bond donors (Lipinski definition) is 3. The van der Waals surface area contributed by atoms with Gasteiger partial charge in [-0.2, -0.15) is 0 Å². The molecule has 1 aromatic carbocycles. The van der Waals surface area contributed by atoms with Gasteiger partial charge in [-0.05, 0) is 31.0 Å². The molecule has 1 aliphatic rings. The molecule has 0 spiro atoms. The third-order valence-electron chi connectivity index (χ3n) is 3.48. The van der Waals surface area contributed by atoms with E-state index in [9.17, 15) is 9.59 Å². The van der Waals surface area contributed by atoms with Gasteiger partial charge in [-0.15, -0.1) is 0 Å². The van der Waals surface area contributed by atoms with Crippen molar-refractivity contribution in [3.8, 4) is 0 Å². The number of carboxylic acids is 1. The summed E-state index contributed by atoms with van der Waals surface area (Å²) in [6.45, 7) is 0. The molecular weight excluding hydrogens is 244 g/mol. The van der Waals surface area contributed by atoms with Gasteiger partial charge >= 0.3 is 5.97 Å². The first-order valence-corrected chi connectivity index (χ1v) is 6.51. The first kappa shape index (κ1) is 13.4. The van der Waals surface area contributed by atoms with Crippen LogP contribution in [0.5, 0.6) is 0 Å². The van der Waals surface area contributed by atoms with E-state index in [1.807, 2.05) is 0 Å². The molecule has 1 aliphatic carbocycles. The first-order valence-electron chi connectivity index (χ1n) is 6.51. The summed E-state index contributed by atoms with van der Waals surface area (Å²) in [5.74, 6) is -1.27. The minimum atomic E-state index is -1.09. The summed E-state index contributed by atoms with van der Waals surface area (Å²) >= 11 is 0. The van der Waals surface area contributed by atoms with E-state index in [4.69, 9.17) is 10.8 Å². The summed E-state index contributed by atoms with van der Waals surface area (Å²) in [5, 5.41) is 11.8. The Morgan fingerprint density at radius 2 is 1.89 bits per heavy atom. The number of aromatic carboxylic acids is 1. The summed E-state index contributed by atoms with van der Waals surface area (Å²) in [6.07, 6.45) is 5.53. The fourth-order valence-electron chi connectivity index (χ4n) is 2.41. The minimum Gasteiger partial charge on any atom is -0.478 e. The molecule has 5 nitrogen and oxygen atoms in total. The maximum absolute atomic E-state index is 12.0. The monoisotopic (exact) mass is 262 g/mol. The molecule has 4 N–H and O–H groups in total. The number of carboxylic acid groups (broad SMARTS) is 1. The number of nitrogen functional groups attached to an aromatic ring is 1. The van der Waals surface area contributed by atoms with Crippen molar-refractivity contribution in [3.05, 3.63) is 29.3 Å². The highest BCUT2D eigenvalue weighted by Gasteiger charge is 2.17. The van der Waals surface area contributed by atoms with Crippen molar-refractivity contribution < 1.29 is 14.7 Å². The summed E-state index contributed by atoms with van der Waals surface area (Å²) in [6, 6.07) is 4.51. The maximum atomic E-state index is 12.0. The smallest absolute Gasteiger partial charge is 0.337 e. The Morgan fingerprint density at radius 3 is 2.47 bits per heavy atom. The molecule has 0 radical (unpaired) electrons. The van der Waals surface area contributed by atoms with Crippen LogP contribution >= 0.6 is 0 Å². The van der Waals surface area contributed by atoms with Gasteiger partial charge in [-0.25, -0.2) is 4.79 Å². The van der Waals surface area contributed by atoms with Crippen LogP contribution < -0.4 is 11.1 Å². The van der Waals surface area contributed by atoms with Gasteiger partial charge in [0, 0.05) is 17.3 Å². The molecule has 1 aromatic rings. The molecule has 2 rings (SSSR count). The predicted molar refractivity (Wildman–Crippen MR) is 72.2 cm³/mol. The molecule has 102 valence electrons. The fraction of sp³-hybridized carbons (Fsp3) is 0.429. The lowest BCUT2D eigenvalue weighted by Crippen LogP contribution is -2.36. The number of benzene rings is 1. The Balaban J connectivity index is 2.06. The van der Waals surface area contributed by atoms with Crippen molar-refractivity contribution in [1.29, 1.82) is 0 Å². The van der Waals surface area contributed by atoms with Gasteiger partial charge in [0.1, 0.15) is 0 Å². The molecule has 0 aromatic heterocycles. The summed E-state index contributed by atoms with van der Waals surface area (Å²) < 4.78 is 0. The number of carbonyl (C=O) groups is 2. The van der Waals surface area contributed by atoms with Crippen LogP contribution in [0, 0.1) is 0 Å². The lowest BCUT2D eigenvalue weighted by molar-refractivity contribution is 0.0697. The van der Waals surface area contributed by atoms with Crippen molar-refractivity contribution >= 4 is 17.6 Å². The number of nitrogens with two attached hydrogens (primary N) is 1. The van der Waals surface area contributed by atoms with Gasteiger partial charge in [0.15, 0.2) is 0 Å². The first-order chi connectivity index (χ1) is 9.08. The molecule has 0 saturated heterocycles. The second kappa shape index (κ2) is 5.73. The van der Waals surface area contributed by atoms with Crippen molar-refractivity contribution in [2.75, 3.05) is 5.73 Å². The van der Waals surface area contributed by atoms with Crippen molar-refractivity contribution in [1.82, 2.24) is 5.32 Å². The zero-order valence-electron chi connectivity index (χ0n) is 10.7. The van der Waals surface area contributed by atoms with Gasteiger partial charge in [0.05, 0.1) is 5.56 Å². The van der Waals surface area contributed by atoms with E-state index < -0.39 is 5.97 Å². The van der Waals surface area contributed by atoms with E-state index in [1.165, 1.54) is 24.6 Å². The Morgan fingerprint density at radius 1 is 1.21 bits per heavy atom. The van der Waals surface area contributed by atoms with E-state index in [1.54, 1.807) is 0 Å². The van der Waals surface area contributed by atoms with Crippen LogP contribution in [0.1, 0.15) is 52.8 Å². The van der Waals surface area contributed by atoms with E-state index >= 15 is 0 Å².